The number of amides is 2. The van der Waals surface area contributed by atoms with Crippen LogP contribution < -0.4 is 0 Å². The highest BCUT2D eigenvalue weighted by atomic mass is 32.3. The second-order valence-corrected chi connectivity index (χ2v) is 10.2. The summed E-state index contributed by atoms with van der Waals surface area (Å²) < 4.78 is 38.1. The van der Waals surface area contributed by atoms with Crippen LogP contribution in [0.5, 0.6) is 0 Å². The first kappa shape index (κ1) is 16.5. The first-order valence-electron chi connectivity index (χ1n) is 7.16. The normalized spacial score (nSPS) is 23.0. The Hall–Kier alpha value is -0.830. The van der Waals surface area contributed by atoms with Crippen molar-refractivity contribution in [2.24, 2.45) is 3.77 Å². The summed E-state index contributed by atoms with van der Waals surface area (Å²) in [5.74, 6) is 0.259. The lowest BCUT2D eigenvalue weighted by molar-refractivity contribution is 0.151. The number of hydrogen-bond donors (Lipinski definition) is 0. The third kappa shape index (κ3) is 4.32. The maximum Gasteiger partial charge on any atom is 0.320 e. The Morgan fingerprint density at radius 1 is 1.24 bits per heavy atom. The molecule has 2 fully saturated rings. The molecule has 0 unspecified atom stereocenters. The maximum atomic E-state index is 12.4. The number of carbonyl (C=O) groups excluding carboxylic acids is 1. The molecule has 7 nitrogen and oxygen atoms in total. The van der Waals surface area contributed by atoms with Gasteiger partial charge < -0.3 is 9.80 Å². The van der Waals surface area contributed by atoms with Gasteiger partial charge >= 0.3 is 6.03 Å². The fourth-order valence-electron chi connectivity index (χ4n) is 2.90. The van der Waals surface area contributed by atoms with Crippen LogP contribution in [0.3, 0.4) is 0 Å². The molecule has 2 amide bonds. The Balaban J connectivity index is 1.99. The van der Waals surface area contributed by atoms with Crippen molar-refractivity contribution >= 4 is 25.8 Å². The van der Waals surface area contributed by atoms with E-state index in [-0.39, 0.29) is 17.5 Å². The van der Waals surface area contributed by atoms with Gasteiger partial charge in [0, 0.05) is 26.2 Å². The fraction of sp³-hybridized carbons (Fsp3) is 0.917. The molecule has 2 rings (SSSR count). The van der Waals surface area contributed by atoms with E-state index >= 15 is 0 Å². The SMILES string of the molecule is CN(C(=O)N1CCS(=O)(=NS(C)(=O)=O)CC1)C1CCCC1. The van der Waals surface area contributed by atoms with Crippen LogP contribution >= 0.6 is 0 Å². The van der Waals surface area contributed by atoms with Gasteiger partial charge in [0.05, 0.1) is 27.5 Å². The van der Waals surface area contributed by atoms with Crippen molar-refractivity contribution < 1.29 is 17.4 Å². The maximum absolute atomic E-state index is 12.4. The molecule has 122 valence electrons. The van der Waals surface area contributed by atoms with Crippen LogP contribution in [0.15, 0.2) is 3.77 Å². The first-order chi connectivity index (χ1) is 9.70. The molecule has 21 heavy (non-hydrogen) atoms. The molecule has 0 aromatic heterocycles. The zero-order chi connectivity index (χ0) is 15.7. The van der Waals surface area contributed by atoms with E-state index in [0.29, 0.717) is 19.1 Å². The molecular weight excluding hydrogens is 314 g/mol. The molecule has 2 aliphatic rings. The lowest BCUT2D eigenvalue weighted by Crippen LogP contribution is -2.50. The van der Waals surface area contributed by atoms with Gasteiger partial charge in [-0.05, 0) is 12.8 Å². The molecule has 0 aromatic rings. The van der Waals surface area contributed by atoms with Crippen LogP contribution in [0.2, 0.25) is 0 Å². The van der Waals surface area contributed by atoms with Crippen molar-refractivity contribution in [2.45, 2.75) is 31.7 Å². The van der Waals surface area contributed by atoms with E-state index in [0.717, 1.165) is 31.9 Å². The number of urea groups is 1. The molecule has 1 aliphatic heterocycles. The van der Waals surface area contributed by atoms with Gasteiger partial charge in [-0.25, -0.2) is 17.4 Å². The highest BCUT2D eigenvalue weighted by Crippen LogP contribution is 2.23. The zero-order valence-corrected chi connectivity index (χ0v) is 14.2. The van der Waals surface area contributed by atoms with Crippen LogP contribution in [0, 0.1) is 0 Å². The van der Waals surface area contributed by atoms with E-state index in [1.165, 1.54) is 0 Å². The molecule has 1 heterocycles. The minimum absolute atomic E-state index is 0.0531. The van der Waals surface area contributed by atoms with Gasteiger partial charge in [0.1, 0.15) is 0 Å². The molecule has 0 aromatic carbocycles. The van der Waals surface area contributed by atoms with Crippen molar-refractivity contribution in [1.82, 2.24) is 9.80 Å². The third-order valence-corrected chi connectivity index (χ3v) is 7.89. The van der Waals surface area contributed by atoms with E-state index < -0.39 is 19.8 Å². The molecule has 0 radical (unpaired) electrons. The van der Waals surface area contributed by atoms with E-state index in [9.17, 15) is 17.4 Å². The second-order valence-electron chi connectivity index (χ2n) is 5.81. The molecule has 0 N–H and O–H groups in total. The fourth-order valence-corrected chi connectivity index (χ4v) is 6.69. The van der Waals surface area contributed by atoms with Gasteiger partial charge in [-0.2, -0.15) is 0 Å². The number of nitrogens with zero attached hydrogens (tertiary/aromatic N) is 3. The number of sulfonamides is 1. The van der Waals surface area contributed by atoms with Crippen LogP contribution in [0.25, 0.3) is 0 Å². The lowest BCUT2D eigenvalue weighted by Gasteiger charge is -2.34. The van der Waals surface area contributed by atoms with Gasteiger partial charge in [-0.3, -0.25) is 0 Å². The summed E-state index contributed by atoms with van der Waals surface area (Å²) in [6.07, 6.45) is 5.34. The van der Waals surface area contributed by atoms with Gasteiger partial charge in [0.2, 0.25) is 0 Å². The zero-order valence-electron chi connectivity index (χ0n) is 12.5. The molecule has 1 saturated heterocycles. The van der Waals surface area contributed by atoms with E-state index in [2.05, 4.69) is 3.77 Å². The Labute approximate surface area is 126 Å². The second kappa shape index (κ2) is 6.12. The van der Waals surface area contributed by atoms with Gasteiger partial charge in [-0.15, -0.1) is 3.77 Å². The van der Waals surface area contributed by atoms with Gasteiger partial charge in [0.15, 0.2) is 0 Å². The van der Waals surface area contributed by atoms with E-state index in [1.54, 1.807) is 9.80 Å². The summed E-state index contributed by atoms with van der Waals surface area (Å²) in [7, 11) is -4.54. The molecule has 0 atom stereocenters. The average molecular weight is 337 g/mol. The Morgan fingerprint density at radius 3 is 2.24 bits per heavy atom. The summed E-state index contributed by atoms with van der Waals surface area (Å²) >= 11 is 0. The molecule has 9 heteroatoms. The Kier molecular flexibility index (Phi) is 4.82. The third-order valence-electron chi connectivity index (χ3n) is 4.08. The summed E-state index contributed by atoms with van der Waals surface area (Å²) in [6, 6.07) is 0.243. The average Bonchev–Trinajstić information content (AvgIpc) is 2.89. The quantitative estimate of drug-likeness (QED) is 0.743. The lowest BCUT2D eigenvalue weighted by atomic mass is 10.2. The predicted octanol–water partition coefficient (Wildman–Crippen LogP) is 0.724. The largest absolute Gasteiger partial charge is 0.325 e. The first-order valence-corrected chi connectivity index (χ1v) is 10.9. The molecule has 0 spiro atoms. The molecule has 1 aliphatic carbocycles. The smallest absolute Gasteiger partial charge is 0.320 e. The van der Waals surface area contributed by atoms with Crippen LogP contribution in [0.4, 0.5) is 4.79 Å². The molecular formula is C12H23N3O4S2. The van der Waals surface area contributed by atoms with Gasteiger partial charge in [-0.1, -0.05) is 12.8 Å². The van der Waals surface area contributed by atoms with Crippen LogP contribution in [-0.2, 0) is 19.8 Å². The summed E-state index contributed by atoms with van der Waals surface area (Å²) in [5.41, 5.74) is 0. The standard InChI is InChI=1S/C12H23N3O4S2/c1-14(11-5-3-4-6-11)12(16)15-7-9-21(19,10-8-15)13-20(2,17)18/h11H,3-10H2,1-2H3. The highest BCUT2D eigenvalue weighted by Gasteiger charge is 2.30. The van der Waals surface area contributed by atoms with Crippen LogP contribution in [-0.4, -0.2) is 72.4 Å². The predicted molar refractivity (Wildman–Crippen MR) is 82.1 cm³/mol. The highest BCUT2D eigenvalue weighted by molar-refractivity contribution is 8.03. The summed E-state index contributed by atoms with van der Waals surface area (Å²) in [4.78, 5) is 15.8. The topological polar surface area (TPSA) is 87.1 Å². The summed E-state index contributed by atoms with van der Waals surface area (Å²) in [5, 5.41) is 0. The Bertz CT molecular complexity index is 602. The number of rotatable bonds is 2. The van der Waals surface area contributed by atoms with Crippen molar-refractivity contribution in [3.8, 4) is 0 Å². The van der Waals surface area contributed by atoms with Crippen molar-refractivity contribution in [1.29, 1.82) is 0 Å². The van der Waals surface area contributed by atoms with Gasteiger partial charge in [0.25, 0.3) is 10.0 Å². The van der Waals surface area contributed by atoms with Crippen LogP contribution in [0.1, 0.15) is 25.7 Å². The Morgan fingerprint density at radius 2 is 1.76 bits per heavy atom. The minimum Gasteiger partial charge on any atom is -0.325 e. The van der Waals surface area contributed by atoms with E-state index in [4.69, 9.17) is 0 Å². The minimum atomic E-state index is -3.61. The monoisotopic (exact) mass is 337 g/mol. The van der Waals surface area contributed by atoms with E-state index in [1.807, 2.05) is 7.05 Å². The number of carbonyl (C=O) groups is 1. The summed E-state index contributed by atoms with van der Waals surface area (Å²) in [6.45, 7) is 0.599. The van der Waals surface area contributed by atoms with Crippen molar-refractivity contribution in [2.75, 3.05) is 37.9 Å². The van der Waals surface area contributed by atoms with Crippen molar-refractivity contribution in [3.63, 3.8) is 0 Å². The van der Waals surface area contributed by atoms with Crippen molar-refractivity contribution in [3.05, 3.63) is 0 Å². The molecule has 1 saturated carbocycles. The molecule has 0 bridgehead atoms. The number of hydrogen-bond acceptors (Lipinski definition) is 4.